The SMILES string of the molecule is Cc1cn2nc(C3=CC(=O)N4C=C(C5CCN(C6COC6)CC5)C=CC4P3)cc2c(C)n1. The zero-order chi connectivity index (χ0) is 21.8. The van der Waals surface area contributed by atoms with Crippen LogP contribution in [0.25, 0.3) is 10.8 Å². The number of carbonyl (C=O) groups excluding carboxylic acids is 1. The number of likely N-dealkylation sites (tertiary alicyclic amines) is 1. The molecule has 2 aromatic heterocycles. The number of piperidine rings is 1. The predicted molar refractivity (Wildman–Crippen MR) is 126 cm³/mol. The summed E-state index contributed by atoms with van der Waals surface area (Å²) in [5, 5.41) is 5.77. The monoisotopic (exact) mass is 449 g/mol. The zero-order valence-electron chi connectivity index (χ0n) is 18.5. The first kappa shape index (κ1) is 20.3. The summed E-state index contributed by atoms with van der Waals surface area (Å²) >= 11 is 0. The largest absolute Gasteiger partial charge is 0.378 e. The van der Waals surface area contributed by atoms with Gasteiger partial charge in [0, 0.05) is 17.6 Å². The van der Waals surface area contributed by atoms with E-state index in [0.717, 1.165) is 67.1 Å². The average Bonchev–Trinajstić information content (AvgIpc) is 3.17. The van der Waals surface area contributed by atoms with E-state index in [0.29, 0.717) is 20.5 Å². The lowest BCUT2D eigenvalue weighted by Crippen LogP contribution is -2.52. The highest BCUT2D eigenvalue weighted by Crippen LogP contribution is 2.45. The molecule has 4 aliphatic heterocycles. The third-order valence-electron chi connectivity index (χ3n) is 7.06. The summed E-state index contributed by atoms with van der Waals surface area (Å²) in [6.07, 6.45) is 12.6. The molecule has 2 saturated heterocycles. The number of nitrogens with zero attached hydrogens (tertiary/aromatic N) is 5. The maximum atomic E-state index is 13.1. The molecule has 0 spiro atoms. The van der Waals surface area contributed by atoms with Crippen LogP contribution in [0, 0.1) is 19.8 Å². The highest BCUT2D eigenvalue weighted by atomic mass is 31.1. The van der Waals surface area contributed by atoms with Gasteiger partial charge in [-0.1, -0.05) is 20.7 Å². The molecule has 8 heteroatoms. The van der Waals surface area contributed by atoms with Crippen molar-refractivity contribution in [1.82, 2.24) is 24.4 Å². The van der Waals surface area contributed by atoms with Crippen LogP contribution in [0.15, 0.2) is 42.3 Å². The minimum absolute atomic E-state index is 0.0535. The standard InChI is InChI=1S/C24H28N5O2P/c1-15-11-29-21(16(2)25-15)9-20(26-29)22-10-23(30)28-12-18(3-4-24(28)32-22)17-5-7-27(8-6-17)19-13-31-14-19/h3-4,9-12,17,19,24,32H,5-8,13-14H2,1-2H3. The van der Waals surface area contributed by atoms with Crippen molar-refractivity contribution < 1.29 is 9.53 Å². The van der Waals surface area contributed by atoms with E-state index in [1.807, 2.05) is 29.5 Å². The lowest BCUT2D eigenvalue weighted by atomic mass is 9.87. The normalized spacial score (nSPS) is 25.8. The molecule has 4 aliphatic rings. The molecule has 0 bridgehead atoms. The van der Waals surface area contributed by atoms with Gasteiger partial charge in [0.25, 0.3) is 5.91 Å². The van der Waals surface area contributed by atoms with Crippen LogP contribution in [-0.2, 0) is 9.53 Å². The number of hydrogen-bond acceptors (Lipinski definition) is 5. The molecule has 7 nitrogen and oxygen atoms in total. The van der Waals surface area contributed by atoms with E-state index in [1.165, 1.54) is 5.57 Å². The Balaban J connectivity index is 1.20. The van der Waals surface area contributed by atoms with E-state index in [9.17, 15) is 4.79 Å². The number of ether oxygens (including phenoxy) is 1. The van der Waals surface area contributed by atoms with Crippen LogP contribution in [0.5, 0.6) is 0 Å². The third-order valence-corrected chi connectivity index (χ3v) is 8.54. The van der Waals surface area contributed by atoms with Crippen molar-refractivity contribution in [3.8, 4) is 0 Å². The maximum Gasteiger partial charge on any atom is 0.252 e. The third kappa shape index (κ3) is 3.53. The number of amides is 1. The number of rotatable bonds is 3. The predicted octanol–water partition coefficient (Wildman–Crippen LogP) is 3.10. The van der Waals surface area contributed by atoms with Gasteiger partial charge < -0.3 is 9.64 Å². The van der Waals surface area contributed by atoms with Crippen molar-refractivity contribution in [1.29, 1.82) is 0 Å². The molecule has 0 radical (unpaired) electrons. The summed E-state index contributed by atoms with van der Waals surface area (Å²) in [4.78, 5) is 22.1. The van der Waals surface area contributed by atoms with Crippen molar-refractivity contribution >= 4 is 25.3 Å². The highest BCUT2D eigenvalue weighted by molar-refractivity contribution is 7.51. The number of fused-ring (bicyclic) bond motifs is 2. The van der Waals surface area contributed by atoms with E-state index >= 15 is 0 Å². The number of aromatic nitrogens is 3. The second-order valence-electron chi connectivity index (χ2n) is 9.21. The molecule has 2 aromatic rings. The lowest BCUT2D eigenvalue weighted by Gasteiger charge is -2.42. The van der Waals surface area contributed by atoms with Crippen LogP contribution >= 0.6 is 8.58 Å². The number of allylic oxidation sites excluding steroid dienone is 2. The highest BCUT2D eigenvalue weighted by Gasteiger charge is 2.33. The maximum absolute atomic E-state index is 13.1. The zero-order valence-corrected chi connectivity index (χ0v) is 19.5. The molecule has 2 unspecified atom stereocenters. The Kier molecular flexibility index (Phi) is 5.01. The number of carbonyl (C=O) groups is 1. The topological polar surface area (TPSA) is 63.0 Å². The Morgan fingerprint density at radius 3 is 2.75 bits per heavy atom. The molecule has 0 saturated carbocycles. The van der Waals surface area contributed by atoms with Gasteiger partial charge in [-0.25, -0.2) is 4.52 Å². The molecule has 6 rings (SSSR count). The van der Waals surface area contributed by atoms with Crippen LogP contribution in [0.3, 0.4) is 0 Å². The van der Waals surface area contributed by atoms with E-state index in [-0.39, 0.29) is 11.7 Å². The lowest BCUT2D eigenvalue weighted by molar-refractivity contribution is -0.123. The van der Waals surface area contributed by atoms with Gasteiger partial charge in [0.05, 0.1) is 53.8 Å². The van der Waals surface area contributed by atoms with Gasteiger partial charge in [-0.15, -0.1) is 0 Å². The van der Waals surface area contributed by atoms with Crippen LogP contribution in [0.2, 0.25) is 0 Å². The molecular weight excluding hydrogens is 421 g/mol. The van der Waals surface area contributed by atoms with Crippen LogP contribution in [0.4, 0.5) is 0 Å². The molecule has 0 aromatic carbocycles. The van der Waals surface area contributed by atoms with Crippen LogP contribution in [0.1, 0.15) is 29.9 Å². The molecule has 2 atom stereocenters. The summed E-state index contributed by atoms with van der Waals surface area (Å²) < 4.78 is 7.23. The van der Waals surface area contributed by atoms with Crippen LogP contribution in [-0.4, -0.2) is 68.4 Å². The van der Waals surface area contributed by atoms with Gasteiger partial charge in [-0.2, -0.15) is 5.10 Å². The van der Waals surface area contributed by atoms with Crippen molar-refractivity contribution in [3.63, 3.8) is 0 Å². The Morgan fingerprint density at radius 2 is 2.00 bits per heavy atom. The molecule has 0 aliphatic carbocycles. The average molecular weight is 449 g/mol. The first-order chi connectivity index (χ1) is 15.5. The minimum atomic E-state index is 0.0535. The Hall–Kier alpha value is -2.34. The van der Waals surface area contributed by atoms with Gasteiger partial charge >= 0.3 is 0 Å². The molecule has 2 fully saturated rings. The van der Waals surface area contributed by atoms with Gasteiger partial charge in [-0.3, -0.25) is 14.7 Å². The van der Waals surface area contributed by atoms with Crippen molar-refractivity contribution in [3.05, 3.63) is 59.3 Å². The Morgan fingerprint density at radius 1 is 1.19 bits per heavy atom. The fourth-order valence-corrected chi connectivity index (χ4v) is 6.47. The van der Waals surface area contributed by atoms with Crippen molar-refractivity contribution in [2.75, 3.05) is 26.3 Å². The quantitative estimate of drug-likeness (QED) is 0.674. The second kappa shape index (κ2) is 7.91. The second-order valence-corrected chi connectivity index (χ2v) is 10.6. The minimum Gasteiger partial charge on any atom is -0.378 e. The number of aryl methyl sites for hydroxylation is 2. The van der Waals surface area contributed by atoms with Crippen LogP contribution < -0.4 is 0 Å². The van der Waals surface area contributed by atoms with E-state index in [4.69, 9.17) is 9.84 Å². The van der Waals surface area contributed by atoms with E-state index in [1.54, 1.807) is 6.08 Å². The fraction of sp³-hybridized carbons (Fsp3) is 0.458. The molecule has 1 amide bonds. The summed E-state index contributed by atoms with van der Waals surface area (Å²) in [5.74, 6) is 0.671. The molecule has 0 N–H and O–H groups in total. The van der Waals surface area contributed by atoms with Crippen molar-refractivity contribution in [2.45, 2.75) is 38.5 Å². The summed E-state index contributed by atoms with van der Waals surface area (Å²) in [5.41, 5.74) is 5.06. The number of hydrogen-bond donors (Lipinski definition) is 0. The molecule has 6 heterocycles. The fourth-order valence-electron chi connectivity index (χ4n) is 5.14. The summed E-state index contributed by atoms with van der Waals surface area (Å²) in [6.45, 7) is 7.98. The summed E-state index contributed by atoms with van der Waals surface area (Å²) in [7, 11) is 0.480. The van der Waals surface area contributed by atoms with Gasteiger partial charge in [0.1, 0.15) is 0 Å². The van der Waals surface area contributed by atoms with Gasteiger partial charge in [-0.05, 0) is 57.3 Å². The van der Waals surface area contributed by atoms with Gasteiger partial charge in [0.15, 0.2) is 0 Å². The van der Waals surface area contributed by atoms with E-state index in [2.05, 4.69) is 34.3 Å². The first-order valence-electron chi connectivity index (χ1n) is 11.4. The molecule has 32 heavy (non-hydrogen) atoms. The van der Waals surface area contributed by atoms with E-state index < -0.39 is 0 Å². The molecular formula is C24H28N5O2P. The van der Waals surface area contributed by atoms with Gasteiger partial charge in [0.2, 0.25) is 0 Å². The summed E-state index contributed by atoms with van der Waals surface area (Å²) in [6, 6.07) is 2.67. The Labute approximate surface area is 189 Å². The molecule has 166 valence electrons. The first-order valence-corrected chi connectivity index (χ1v) is 12.5. The van der Waals surface area contributed by atoms with Crippen molar-refractivity contribution in [2.24, 2.45) is 5.92 Å². The smallest absolute Gasteiger partial charge is 0.252 e. The Bertz CT molecular complexity index is 1170.